The van der Waals surface area contributed by atoms with Gasteiger partial charge in [0.2, 0.25) is 0 Å². The first kappa shape index (κ1) is 13.4. The van der Waals surface area contributed by atoms with Crippen molar-refractivity contribution in [2.75, 3.05) is 32.1 Å². The van der Waals surface area contributed by atoms with Gasteiger partial charge in [-0.25, -0.2) is 4.98 Å². The molecule has 2 aromatic heterocycles. The minimum absolute atomic E-state index is 0.994. The van der Waals surface area contributed by atoms with Gasteiger partial charge >= 0.3 is 0 Å². The Morgan fingerprint density at radius 1 is 1.20 bits per heavy atom. The largest absolute Gasteiger partial charge is 0.338 e. The second-order valence-electron chi connectivity index (χ2n) is 5.08. The van der Waals surface area contributed by atoms with Crippen LogP contribution in [0.2, 0.25) is 0 Å². The monoisotopic (exact) mass is 286 g/mol. The zero-order valence-corrected chi connectivity index (χ0v) is 12.6. The molecule has 5 heteroatoms. The first-order valence-corrected chi connectivity index (χ1v) is 7.56. The highest BCUT2D eigenvalue weighted by molar-refractivity contribution is 7.99. The zero-order valence-electron chi connectivity index (χ0n) is 11.8. The van der Waals surface area contributed by atoms with Gasteiger partial charge in [-0.1, -0.05) is 11.8 Å². The first-order valence-electron chi connectivity index (χ1n) is 6.75. The second kappa shape index (κ2) is 5.81. The van der Waals surface area contributed by atoms with Crippen LogP contribution in [-0.4, -0.2) is 42.1 Å². The highest BCUT2D eigenvalue weighted by atomic mass is 32.2. The molecule has 0 fully saturated rings. The molecule has 0 aliphatic carbocycles. The summed E-state index contributed by atoms with van der Waals surface area (Å²) in [5, 5.41) is 1.07. The Morgan fingerprint density at radius 3 is 2.95 bits per heavy atom. The Bertz CT molecular complexity index is 554. The molecule has 1 aliphatic heterocycles. The van der Waals surface area contributed by atoms with Gasteiger partial charge in [0.15, 0.2) is 0 Å². The normalized spacial score (nSPS) is 13.2. The maximum Gasteiger partial charge on any atom is 0.125 e. The van der Waals surface area contributed by atoms with Gasteiger partial charge in [-0.05, 0) is 45.3 Å². The molecule has 0 saturated carbocycles. The van der Waals surface area contributed by atoms with Crippen molar-refractivity contribution in [3.63, 3.8) is 0 Å². The lowest BCUT2D eigenvalue weighted by atomic mass is 10.2. The van der Waals surface area contributed by atoms with Crippen LogP contribution in [-0.2, 0) is 0 Å². The number of hydrogen-bond acceptors (Lipinski definition) is 5. The van der Waals surface area contributed by atoms with Crippen molar-refractivity contribution < 1.29 is 0 Å². The van der Waals surface area contributed by atoms with E-state index in [1.807, 2.05) is 24.7 Å². The van der Waals surface area contributed by atoms with E-state index in [4.69, 9.17) is 0 Å². The Kier molecular flexibility index (Phi) is 3.89. The summed E-state index contributed by atoms with van der Waals surface area (Å²) in [5.41, 5.74) is 2.44. The summed E-state index contributed by atoms with van der Waals surface area (Å²) in [6, 6.07) is 6.24. The summed E-state index contributed by atoms with van der Waals surface area (Å²) >= 11 is 1.70. The molecule has 3 rings (SSSR count). The molecule has 0 saturated heterocycles. The van der Waals surface area contributed by atoms with Gasteiger partial charge < -0.3 is 9.80 Å². The summed E-state index contributed by atoms with van der Waals surface area (Å²) in [4.78, 5) is 14.5. The Morgan fingerprint density at radius 2 is 2.10 bits per heavy atom. The summed E-state index contributed by atoms with van der Waals surface area (Å²) in [6.45, 7) is 2.08. The zero-order chi connectivity index (χ0) is 13.9. The maximum atomic E-state index is 4.49. The predicted molar refractivity (Wildman–Crippen MR) is 82.8 cm³/mol. The Balaban J connectivity index is 1.91. The van der Waals surface area contributed by atoms with Gasteiger partial charge in [-0.15, -0.1) is 0 Å². The average Bonchev–Trinajstić information content (AvgIpc) is 2.46. The van der Waals surface area contributed by atoms with Gasteiger partial charge in [-0.2, -0.15) is 0 Å². The molecule has 0 unspecified atom stereocenters. The van der Waals surface area contributed by atoms with Crippen molar-refractivity contribution in [1.29, 1.82) is 0 Å². The molecule has 0 bridgehead atoms. The van der Waals surface area contributed by atoms with Gasteiger partial charge in [0.05, 0.1) is 16.3 Å². The molecule has 3 heterocycles. The third-order valence-corrected chi connectivity index (χ3v) is 4.33. The maximum absolute atomic E-state index is 4.49. The van der Waals surface area contributed by atoms with E-state index in [0.29, 0.717) is 0 Å². The molecular weight excluding hydrogens is 268 g/mol. The fourth-order valence-electron chi connectivity index (χ4n) is 2.36. The lowest BCUT2D eigenvalue weighted by Crippen LogP contribution is -2.25. The van der Waals surface area contributed by atoms with Crippen molar-refractivity contribution >= 4 is 23.1 Å². The lowest BCUT2D eigenvalue weighted by molar-refractivity contribution is 0.402. The number of anilines is 2. The molecule has 0 N–H and O–H groups in total. The molecule has 0 aromatic carbocycles. The van der Waals surface area contributed by atoms with E-state index in [-0.39, 0.29) is 0 Å². The van der Waals surface area contributed by atoms with E-state index >= 15 is 0 Å². The van der Waals surface area contributed by atoms with E-state index in [1.54, 1.807) is 11.8 Å². The summed E-state index contributed by atoms with van der Waals surface area (Å²) in [5.74, 6) is 0. The molecule has 1 aliphatic rings. The van der Waals surface area contributed by atoms with Gasteiger partial charge in [-0.3, -0.25) is 4.98 Å². The van der Waals surface area contributed by atoms with Crippen LogP contribution in [0.15, 0.2) is 46.7 Å². The average molecular weight is 286 g/mol. The first-order chi connectivity index (χ1) is 9.75. The third-order valence-electron chi connectivity index (χ3n) is 3.29. The SMILES string of the molecule is CN(C)CCCN1c2ccncc2Sc2ncccc21. The minimum atomic E-state index is 0.994. The summed E-state index contributed by atoms with van der Waals surface area (Å²) in [6.07, 6.45) is 6.76. The number of fused-ring (bicyclic) bond motifs is 2. The number of aromatic nitrogens is 2. The molecule has 0 amide bonds. The van der Waals surface area contributed by atoms with Crippen LogP contribution < -0.4 is 4.90 Å². The molecule has 4 nitrogen and oxygen atoms in total. The van der Waals surface area contributed by atoms with E-state index in [2.05, 4.69) is 46.0 Å². The van der Waals surface area contributed by atoms with Crippen molar-refractivity contribution in [3.8, 4) is 0 Å². The Labute approximate surface area is 123 Å². The quantitative estimate of drug-likeness (QED) is 0.862. The smallest absolute Gasteiger partial charge is 0.125 e. The highest BCUT2D eigenvalue weighted by Crippen LogP contribution is 2.46. The van der Waals surface area contributed by atoms with Gasteiger partial charge in [0.25, 0.3) is 0 Å². The van der Waals surface area contributed by atoms with Gasteiger partial charge in [0.1, 0.15) is 5.03 Å². The second-order valence-corrected chi connectivity index (χ2v) is 6.11. The van der Waals surface area contributed by atoms with Crippen LogP contribution in [0.5, 0.6) is 0 Å². The minimum Gasteiger partial charge on any atom is -0.338 e. The molecule has 0 radical (unpaired) electrons. The van der Waals surface area contributed by atoms with E-state index < -0.39 is 0 Å². The molecule has 0 spiro atoms. The molecule has 104 valence electrons. The van der Waals surface area contributed by atoms with Crippen LogP contribution in [0.3, 0.4) is 0 Å². The van der Waals surface area contributed by atoms with Crippen LogP contribution in [0.25, 0.3) is 0 Å². The molecule has 2 aromatic rings. The summed E-state index contributed by atoms with van der Waals surface area (Å²) in [7, 11) is 4.22. The van der Waals surface area contributed by atoms with E-state index in [9.17, 15) is 0 Å². The fourth-order valence-corrected chi connectivity index (χ4v) is 3.36. The van der Waals surface area contributed by atoms with Crippen LogP contribution in [0, 0.1) is 0 Å². The van der Waals surface area contributed by atoms with Crippen molar-refractivity contribution in [2.45, 2.75) is 16.3 Å². The van der Waals surface area contributed by atoms with Crippen molar-refractivity contribution in [2.24, 2.45) is 0 Å². The fraction of sp³-hybridized carbons (Fsp3) is 0.333. The number of pyridine rings is 2. The van der Waals surface area contributed by atoms with Crippen molar-refractivity contribution in [1.82, 2.24) is 14.9 Å². The molecule has 0 atom stereocenters. The van der Waals surface area contributed by atoms with Gasteiger partial charge in [0, 0.05) is 25.1 Å². The van der Waals surface area contributed by atoms with Crippen LogP contribution >= 0.6 is 11.8 Å². The molecule has 20 heavy (non-hydrogen) atoms. The number of rotatable bonds is 4. The standard InChI is InChI=1S/C15H18N4S/c1-18(2)9-4-10-19-12-6-8-16-11-14(12)20-15-13(19)5-3-7-17-15/h3,5-8,11H,4,9-10H2,1-2H3. The van der Waals surface area contributed by atoms with Crippen molar-refractivity contribution in [3.05, 3.63) is 36.8 Å². The van der Waals surface area contributed by atoms with Crippen LogP contribution in [0.1, 0.15) is 6.42 Å². The highest BCUT2D eigenvalue weighted by Gasteiger charge is 2.23. The van der Waals surface area contributed by atoms with E-state index in [0.717, 1.165) is 24.5 Å². The summed E-state index contributed by atoms with van der Waals surface area (Å²) < 4.78 is 0. The van der Waals surface area contributed by atoms with E-state index in [1.165, 1.54) is 16.3 Å². The Hall–Kier alpha value is -1.59. The topological polar surface area (TPSA) is 32.3 Å². The number of nitrogens with zero attached hydrogens (tertiary/aromatic N) is 4. The number of hydrogen-bond donors (Lipinski definition) is 0. The lowest BCUT2D eigenvalue weighted by Gasteiger charge is -2.32. The molecular formula is C15H18N4S. The third kappa shape index (κ3) is 2.64. The predicted octanol–water partition coefficient (Wildman–Crippen LogP) is 3.03. The van der Waals surface area contributed by atoms with Crippen LogP contribution in [0.4, 0.5) is 11.4 Å².